The monoisotopic (exact) mass is 277 g/mol. The van der Waals surface area contributed by atoms with Crippen molar-refractivity contribution in [3.63, 3.8) is 0 Å². The molecule has 19 heavy (non-hydrogen) atoms. The lowest BCUT2D eigenvalue weighted by Crippen LogP contribution is -2.33. The predicted octanol–water partition coefficient (Wildman–Crippen LogP) is 1.56. The summed E-state index contributed by atoms with van der Waals surface area (Å²) in [6.07, 6.45) is 0. The number of nitrogens with zero attached hydrogens (tertiary/aromatic N) is 3. The van der Waals surface area contributed by atoms with E-state index >= 15 is 0 Å². The first-order valence-corrected chi connectivity index (χ1v) is 6.33. The molecule has 3 amide bonds. The van der Waals surface area contributed by atoms with Gasteiger partial charge in [-0.2, -0.15) is 5.26 Å². The summed E-state index contributed by atoms with van der Waals surface area (Å²) in [6, 6.07) is 8.57. The molecular weight excluding hydrogens is 266 g/mol. The molecule has 0 aliphatic carbocycles. The standard InChI is InChI=1S/C13H12ClN3O2/c14-4-5-16-9-12(18)17(13(16)19)8-11-3-1-2-10(6-11)7-15/h1-3,6H,4-5,8-9H2. The molecule has 1 fully saturated rings. The number of carbonyl (C=O) groups excluding carboxylic acids is 2. The highest BCUT2D eigenvalue weighted by Gasteiger charge is 2.35. The Morgan fingerprint density at radius 3 is 2.84 bits per heavy atom. The number of rotatable bonds is 4. The summed E-state index contributed by atoms with van der Waals surface area (Å²) in [7, 11) is 0. The summed E-state index contributed by atoms with van der Waals surface area (Å²) >= 11 is 5.58. The summed E-state index contributed by atoms with van der Waals surface area (Å²) in [5.74, 6) is 0.0639. The molecule has 0 bridgehead atoms. The highest BCUT2D eigenvalue weighted by molar-refractivity contribution is 6.18. The van der Waals surface area contributed by atoms with E-state index in [0.717, 1.165) is 5.56 Å². The molecular formula is C13H12ClN3O2. The minimum atomic E-state index is -0.326. The van der Waals surface area contributed by atoms with Gasteiger partial charge in [0.1, 0.15) is 6.54 Å². The number of carbonyl (C=O) groups is 2. The van der Waals surface area contributed by atoms with Crippen molar-refractivity contribution in [1.29, 1.82) is 5.26 Å². The van der Waals surface area contributed by atoms with Gasteiger partial charge in [-0.25, -0.2) is 4.79 Å². The van der Waals surface area contributed by atoms with E-state index in [-0.39, 0.29) is 25.0 Å². The Balaban J connectivity index is 2.12. The Morgan fingerprint density at radius 1 is 1.37 bits per heavy atom. The lowest BCUT2D eigenvalue weighted by molar-refractivity contribution is -0.125. The van der Waals surface area contributed by atoms with Gasteiger partial charge in [-0.05, 0) is 17.7 Å². The van der Waals surface area contributed by atoms with Gasteiger partial charge in [0.25, 0.3) is 5.91 Å². The van der Waals surface area contributed by atoms with E-state index in [9.17, 15) is 9.59 Å². The first kappa shape index (κ1) is 13.4. The lowest BCUT2D eigenvalue weighted by Gasteiger charge is -2.16. The van der Waals surface area contributed by atoms with Crippen LogP contribution in [0.1, 0.15) is 11.1 Å². The maximum absolute atomic E-state index is 12.0. The SMILES string of the molecule is N#Cc1cccc(CN2C(=O)CN(CCCl)C2=O)c1. The van der Waals surface area contributed by atoms with Gasteiger partial charge in [-0.15, -0.1) is 11.6 Å². The number of urea groups is 1. The molecule has 1 heterocycles. The zero-order valence-corrected chi connectivity index (χ0v) is 10.9. The van der Waals surface area contributed by atoms with Crippen LogP contribution in [0.2, 0.25) is 0 Å². The third kappa shape index (κ3) is 2.85. The quantitative estimate of drug-likeness (QED) is 0.620. The van der Waals surface area contributed by atoms with Gasteiger partial charge >= 0.3 is 6.03 Å². The Labute approximate surface area is 116 Å². The van der Waals surface area contributed by atoms with E-state index in [4.69, 9.17) is 16.9 Å². The molecule has 1 aromatic rings. The molecule has 0 unspecified atom stereocenters. The molecule has 1 aliphatic rings. The van der Waals surface area contributed by atoms with Gasteiger partial charge in [0.15, 0.2) is 0 Å². The smallest absolute Gasteiger partial charge is 0.314 e. The Kier molecular flexibility index (Phi) is 4.03. The molecule has 1 aliphatic heterocycles. The molecule has 0 atom stereocenters. The summed E-state index contributed by atoms with van der Waals surface area (Å²) in [5, 5.41) is 8.82. The average Bonchev–Trinajstić information content (AvgIpc) is 2.67. The summed E-state index contributed by atoms with van der Waals surface area (Å²) in [5.41, 5.74) is 1.27. The molecule has 1 saturated heterocycles. The van der Waals surface area contributed by atoms with Crippen LogP contribution in [0, 0.1) is 11.3 Å². The van der Waals surface area contributed by atoms with Gasteiger partial charge in [0, 0.05) is 12.4 Å². The van der Waals surface area contributed by atoms with Crippen LogP contribution in [0.3, 0.4) is 0 Å². The fraction of sp³-hybridized carbons (Fsp3) is 0.308. The number of halogens is 1. The van der Waals surface area contributed by atoms with Gasteiger partial charge in [0.2, 0.25) is 0 Å². The molecule has 5 nitrogen and oxygen atoms in total. The fourth-order valence-corrected chi connectivity index (χ4v) is 2.15. The van der Waals surface area contributed by atoms with Crippen molar-refractivity contribution in [2.75, 3.05) is 19.0 Å². The third-order valence-corrected chi connectivity index (χ3v) is 3.05. The van der Waals surface area contributed by atoms with E-state index in [2.05, 4.69) is 0 Å². The number of hydrogen-bond donors (Lipinski definition) is 0. The largest absolute Gasteiger partial charge is 0.327 e. The van der Waals surface area contributed by atoms with Crippen molar-refractivity contribution in [1.82, 2.24) is 9.80 Å². The average molecular weight is 278 g/mol. The van der Waals surface area contributed by atoms with Crippen molar-refractivity contribution in [2.24, 2.45) is 0 Å². The van der Waals surface area contributed by atoms with Gasteiger partial charge < -0.3 is 4.90 Å². The molecule has 0 N–H and O–H groups in total. The number of amides is 3. The van der Waals surface area contributed by atoms with Crippen molar-refractivity contribution in [2.45, 2.75) is 6.54 Å². The maximum atomic E-state index is 12.0. The topological polar surface area (TPSA) is 64.4 Å². The minimum absolute atomic E-state index is 0.0729. The minimum Gasteiger partial charge on any atom is -0.314 e. The van der Waals surface area contributed by atoms with Crippen LogP contribution in [0.5, 0.6) is 0 Å². The number of imide groups is 1. The van der Waals surface area contributed by atoms with Crippen LogP contribution < -0.4 is 0 Å². The molecule has 0 radical (unpaired) electrons. The molecule has 98 valence electrons. The van der Waals surface area contributed by atoms with Crippen LogP contribution in [0.4, 0.5) is 4.79 Å². The van der Waals surface area contributed by atoms with Crippen molar-refractivity contribution in [3.8, 4) is 6.07 Å². The Bertz CT molecular complexity index is 553. The van der Waals surface area contributed by atoms with E-state index < -0.39 is 0 Å². The molecule has 0 aromatic heterocycles. The van der Waals surface area contributed by atoms with Crippen molar-refractivity contribution >= 4 is 23.5 Å². The van der Waals surface area contributed by atoms with Crippen LogP contribution in [0.25, 0.3) is 0 Å². The number of benzene rings is 1. The normalized spacial score (nSPS) is 14.9. The zero-order valence-electron chi connectivity index (χ0n) is 10.2. The lowest BCUT2D eigenvalue weighted by atomic mass is 10.1. The summed E-state index contributed by atoms with van der Waals surface area (Å²) in [4.78, 5) is 26.4. The summed E-state index contributed by atoms with van der Waals surface area (Å²) < 4.78 is 0. The Morgan fingerprint density at radius 2 is 2.16 bits per heavy atom. The van der Waals surface area contributed by atoms with Crippen LogP contribution in [0.15, 0.2) is 24.3 Å². The molecule has 0 saturated carbocycles. The number of nitriles is 1. The maximum Gasteiger partial charge on any atom is 0.327 e. The molecule has 2 rings (SSSR count). The second-order valence-electron chi connectivity index (χ2n) is 4.19. The second kappa shape index (κ2) is 5.72. The van der Waals surface area contributed by atoms with E-state index in [1.807, 2.05) is 6.07 Å². The third-order valence-electron chi connectivity index (χ3n) is 2.88. The van der Waals surface area contributed by atoms with Gasteiger partial charge in [-0.1, -0.05) is 12.1 Å². The number of alkyl halides is 1. The van der Waals surface area contributed by atoms with Crippen molar-refractivity contribution in [3.05, 3.63) is 35.4 Å². The van der Waals surface area contributed by atoms with Gasteiger partial charge in [-0.3, -0.25) is 9.69 Å². The first-order chi connectivity index (χ1) is 9.15. The highest BCUT2D eigenvalue weighted by atomic mass is 35.5. The highest BCUT2D eigenvalue weighted by Crippen LogP contribution is 2.15. The summed E-state index contributed by atoms with van der Waals surface area (Å²) in [6.45, 7) is 0.621. The van der Waals surface area contributed by atoms with Crippen LogP contribution in [-0.2, 0) is 11.3 Å². The fourth-order valence-electron chi connectivity index (χ4n) is 1.95. The second-order valence-corrected chi connectivity index (χ2v) is 4.56. The first-order valence-electron chi connectivity index (χ1n) is 5.80. The number of hydrogen-bond acceptors (Lipinski definition) is 3. The van der Waals surface area contributed by atoms with Crippen molar-refractivity contribution < 1.29 is 9.59 Å². The van der Waals surface area contributed by atoms with Crippen LogP contribution >= 0.6 is 11.6 Å². The predicted molar refractivity (Wildman–Crippen MR) is 69.4 cm³/mol. The molecule has 1 aromatic carbocycles. The van der Waals surface area contributed by atoms with E-state index in [1.165, 1.54) is 9.80 Å². The molecule has 0 spiro atoms. The Hall–Kier alpha value is -2.06. The van der Waals surface area contributed by atoms with E-state index in [0.29, 0.717) is 18.0 Å². The van der Waals surface area contributed by atoms with Gasteiger partial charge in [0.05, 0.1) is 18.2 Å². The zero-order chi connectivity index (χ0) is 13.8. The molecule has 6 heteroatoms. The van der Waals surface area contributed by atoms with Crippen LogP contribution in [-0.4, -0.2) is 40.7 Å². The van der Waals surface area contributed by atoms with E-state index in [1.54, 1.807) is 24.3 Å².